The molecule has 0 radical (unpaired) electrons. The molecule has 0 aromatic rings. The zero-order valence-electron chi connectivity index (χ0n) is 7.07. The monoisotopic (exact) mass is 209 g/mol. The summed E-state index contributed by atoms with van der Waals surface area (Å²) in [6, 6.07) is -0.867. The Balaban J connectivity index is 2.51. The zero-order valence-corrected chi connectivity index (χ0v) is 7.07. The first-order valence-electron chi connectivity index (χ1n) is 3.91. The Bertz CT molecular complexity index is 246. The van der Waals surface area contributed by atoms with Gasteiger partial charge in [-0.05, 0) is 0 Å². The normalized spacial score (nSPS) is 26.5. The quantitative estimate of drug-likeness (QED) is 0.655. The van der Waals surface area contributed by atoms with Crippen LogP contribution in [0.5, 0.6) is 0 Å². The molecular formula is C7H9F2NO4. The fourth-order valence-corrected chi connectivity index (χ4v) is 1.19. The topological polar surface area (TPSA) is 75.6 Å². The van der Waals surface area contributed by atoms with E-state index in [9.17, 15) is 18.4 Å². The van der Waals surface area contributed by atoms with Crippen LogP contribution < -0.4 is 5.32 Å². The number of amides is 1. The van der Waals surface area contributed by atoms with Crippen molar-refractivity contribution in [3.63, 3.8) is 0 Å². The molecule has 2 N–H and O–H groups in total. The molecule has 14 heavy (non-hydrogen) atoms. The summed E-state index contributed by atoms with van der Waals surface area (Å²) >= 11 is 0. The van der Waals surface area contributed by atoms with Crippen LogP contribution in [0.4, 0.5) is 8.78 Å². The number of aliphatic carboxylic acids is 1. The average Bonchev–Trinajstić information content (AvgIpc) is 2.52. The third-order valence-electron chi connectivity index (χ3n) is 1.92. The smallest absolute Gasteiger partial charge is 0.315 e. The Hall–Kier alpha value is -1.24. The van der Waals surface area contributed by atoms with E-state index < -0.39 is 30.3 Å². The Morgan fingerprint density at radius 1 is 1.43 bits per heavy atom. The number of nitrogens with one attached hydrogen (secondary N) is 1. The van der Waals surface area contributed by atoms with Crippen molar-refractivity contribution in [1.29, 1.82) is 0 Å². The first-order chi connectivity index (χ1) is 6.52. The van der Waals surface area contributed by atoms with E-state index in [1.54, 1.807) is 0 Å². The first-order valence-corrected chi connectivity index (χ1v) is 3.91. The van der Waals surface area contributed by atoms with Crippen molar-refractivity contribution < 1.29 is 28.2 Å². The van der Waals surface area contributed by atoms with Crippen LogP contribution >= 0.6 is 0 Å². The van der Waals surface area contributed by atoms with Gasteiger partial charge in [-0.15, -0.1) is 0 Å². The predicted molar refractivity (Wildman–Crippen MR) is 39.9 cm³/mol. The van der Waals surface area contributed by atoms with Crippen LogP contribution in [0, 0.1) is 5.92 Å². The standard InChI is InChI=1S/C7H9F2NO4/c8-5(9)6(11)10-4-2-14-1-3(4)7(12)13/h3-5H,1-2H2,(H,10,11)(H,12,13). The fraction of sp³-hybridized carbons (Fsp3) is 0.714. The molecule has 1 heterocycles. The average molecular weight is 209 g/mol. The largest absolute Gasteiger partial charge is 0.481 e. The number of hydrogen-bond acceptors (Lipinski definition) is 3. The van der Waals surface area contributed by atoms with Gasteiger partial charge in [0.1, 0.15) is 5.92 Å². The minimum absolute atomic E-state index is 0.0462. The molecule has 0 aromatic carbocycles. The van der Waals surface area contributed by atoms with E-state index in [1.807, 2.05) is 5.32 Å². The zero-order chi connectivity index (χ0) is 10.7. The molecule has 0 spiro atoms. The second-order valence-corrected chi connectivity index (χ2v) is 2.90. The highest BCUT2D eigenvalue weighted by Crippen LogP contribution is 2.14. The minimum Gasteiger partial charge on any atom is -0.481 e. The molecule has 1 aliphatic heterocycles. The molecule has 1 saturated heterocycles. The van der Waals surface area contributed by atoms with Crippen LogP contribution in [0.25, 0.3) is 0 Å². The maximum absolute atomic E-state index is 11.8. The number of carbonyl (C=O) groups excluding carboxylic acids is 1. The number of carbonyl (C=O) groups is 2. The van der Waals surface area contributed by atoms with Gasteiger partial charge in [-0.3, -0.25) is 9.59 Å². The summed E-state index contributed by atoms with van der Waals surface area (Å²) < 4.78 is 28.4. The van der Waals surface area contributed by atoms with Crippen molar-refractivity contribution >= 4 is 11.9 Å². The summed E-state index contributed by atoms with van der Waals surface area (Å²) in [6.07, 6.45) is -3.13. The predicted octanol–water partition coefficient (Wildman–Crippen LogP) is -0.533. The van der Waals surface area contributed by atoms with Gasteiger partial charge in [0.05, 0.1) is 19.3 Å². The van der Waals surface area contributed by atoms with E-state index in [2.05, 4.69) is 0 Å². The van der Waals surface area contributed by atoms with Crippen LogP contribution in [0.2, 0.25) is 0 Å². The van der Waals surface area contributed by atoms with Gasteiger partial charge in [-0.25, -0.2) is 0 Å². The summed E-state index contributed by atoms with van der Waals surface area (Å²) in [5.74, 6) is -3.58. The molecule has 1 rings (SSSR count). The van der Waals surface area contributed by atoms with E-state index >= 15 is 0 Å². The highest BCUT2D eigenvalue weighted by molar-refractivity contribution is 5.80. The molecule has 5 nitrogen and oxygen atoms in total. The van der Waals surface area contributed by atoms with Gasteiger partial charge in [0.2, 0.25) is 0 Å². The van der Waals surface area contributed by atoms with Crippen LogP contribution in [-0.2, 0) is 14.3 Å². The third-order valence-corrected chi connectivity index (χ3v) is 1.92. The van der Waals surface area contributed by atoms with Crippen molar-refractivity contribution in [1.82, 2.24) is 5.32 Å². The highest BCUT2D eigenvalue weighted by atomic mass is 19.3. The third kappa shape index (κ3) is 2.38. The molecule has 0 bridgehead atoms. The molecule has 80 valence electrons. The van der Waals surface area contributed by atoms with E-state index in [0.717, 1.165) is 0 Å². The fourth-order valence-electron chi connectivity index (χ4n) is 1.19. The minimum atomic E-state index is -3.13. The molecular weight excluding hydrogens is 200 g/mol. The summed E-state index contributed by atoms with van der Waals surface area (Å²) in [5, 5.41) is 10.5. The van der Waals surface area contributed by atoms with Gasteiger partial charge >= 0.3 is 12.4 Å². The lowest BCUT2D eigenvalue weighted by Gasteiger charge is -2.14. The number of ether oxygens (including phenoxy) is 1. The number of carboxylic acids is 1. The summed E-state index contributed by atoms with van der Waals surface area (Å²) in [4.78, 5) is 21.1. The van der Waals surface area contributed by atoms with E-state index in [-0.39, 0.29) is 13.2 Å². The van der Waals surface area contributed by atoms with Crippen LogP contribution in [-0.4, -0.2) is 42.7 Å². The summed E-state index contributed by atoms with van der Waals surface area (Å²) in [7, 11) is 0. The Morgan fingerprint density at radius 2 is 2.07 bits per heavy atom. The van der Waals surface area contributed by atoms with Crippen LogP contribution in [0.15, 0.2) is 0 Å². The first kappa shape index (κ1) is 10.8. The lowest BCUT2D eigenvalue weighted by Crippen LogP contribution is -2.44. The van der Waals surface area contributed by atoms with Gasteiger partial charge in [0.15, 0.2) is 0 Å². The van der Waals surface area contributed by atoms with Gasteiger partial charge < -0.3 is 15.2 Å². The molecule has 0 aliphatic carbocycles. The number of carboxylic acid groups (broad SMARTS) is 1. The SMILES string of the molecule is O=C(NC1COCC1C(=O)O)C(F)F. The lowest BCUT2D eigenvalue weighted by molar-refractivity contribution is -0.142. The lowest BCUT2D eigenvalue weighted by atomic mass is 10.0. The molecule has 1 amide bonds. The van der Waals surface area contributed by atoms with Gasteiger partial charge in [0.25, 0.3) is 5.91 Å². The molecule has 0 aromatic heterocycles. The van der Waals surface area contributed by atoms with Crippen molar-refractivity contribution in [3.05, 3.63) is 0 Å². The Kier molecular flexibility index (Phi) is 3.34. The molecule has 0 saturated carbocycles. The number of hydrogen-bond donors (Lipinski definition) is 2. The van der Waals surface area contributed by atoms with Gasteiger partial charge in [-0.1, -0.05) is 0 Å². The molecule has 2 unspecified atom stereocenters. The highest BCUT2D eigenvalue weighted by Gasteiger charge is 2.36. The van der Waals surface area contributed by atoms with Gasteiger partial charge in [0, 0.05) is 0 Å². The van der Waals surface area contributed by atoms with Crippen molar-refractivity contribution in [3.8, 4) is 0 Å². The number of alkyl halides is 2. The van der Waals surface area contributed by atoms with Crippen LogP contribution in [0.3, 0.4) is 0 Å². The van der Waals surface area contributed by atoms with Crippen molar-refractivity contribution in [2.24, 2.45) is 5.92 Å². The van der Waals surface area contributed by atoms with Gasteiger partial charge in [-0.2, -0.15) is 8.78 Å². The second-order valence-electron chi connectivity index (χ2n) is 2.90. The number of rotatable bonds is 3. The molecule has 2 atom stereocenters. The molecule has 1 aliphatic rings. The molecule has 1 fully saturated rings. The summed E-state index contributed by atoms with van der Waals surface area (Å²) in [6.45, 7) is -0.112. The van der Waals surface area contributed by atoms with Crippen molar-refractivity contribution in [2.45, 2.75) is 12.5 Å². The van der Waals surface area contributed by atoms with E-state index in [4.69, 9.17) is 9.84 Å². The summed E-state index contributed by atoms with van der Waals surface area (Å²) in [5.41, 5.74) is 0. The van der Waals surface area contributed by atoms with E-state index in [0.29, 0.717) is 0 Å². The maximum atomic E-state index is 11.8. The van der Waals surface area contributed by atoms with E-state index in [1.165, 1.54) is 0 Å². The maximum Gasteiger partial charge on any atom is 0.315 e. The Morgan fingerprint density at radius 3 is 2.57 bits per heavy atom. The van der Waals surface area contributed by atoms with Crippen LogP contribution in [0.1, 0.15) is 0 Å². The second kappa shape index (κ2) is 4.32. The Labute approximate surface area is 78.0 Å². The number of halogens is 2. The molecule has 7 heteroatoms. The van der Waals surface area contributed by atoms with Crippen molar-refractivity contribution in [2.75, 3.05) is 13.2 Å².